The Morgan fingerprint density at radius 2 is 1.87 bits per heavy atom. The largest absolute Gasteiger partial charge is 0.287 e. The number of rotatable bonds is 8. The third-order valence-corrected chi connectivity index (χ3v) is 8.12. The monoisotopic (exact) mass is 438 g/mol. The molecule has 0 saturated heterocycles. The molecule has 2 aliphatic rings. The highest BCUT2D eigenvalue weighted by molar-refractivity contribution is 7.99. The van der Waals surface area contributed by atoms with E-state index in [-0.39, 0.29) is 11.0 Å². The van der Waals surface area contributed by atoms with Crippen LogP contribution in [-0.4, -0.2) is 15.3 Å². The normalized spacial score (nSPS) is 17.0. The second-order valence-electron chi connectivity index (χ2n) is 10.0. The van der Waals surface area contributed by atoms with Crippen molar-refractivity contribution in [3.8, 4) is 11.3 Å². The van der Waals surface area contributed by atoms with Crippen molar-refractivity contribution < 1.29 is 0 Å². The van der Waals surface area contributed by atoms with Crippen molar-refractivity contribution in [2.24, 2.45) is 5.92 Å². The molecule has 4 heteroatoms. The first-order chi connectivity index (χ1) is 15.1. The molecule has 0 aliphatic heterocycles. The summed E-state index contributed by atoms with van der Waals surface area (Å²) >= 11 is 1.79. The summed E-state index contributed by atoms with van der Waals surface area (Å²) in [5.74, 6) is 1.46. The molecule has 168 valence electrons. The lowest BCUT2D eigenvalue weighted by Gasteiger charge is -2.42. The van der Waals surface area contributed by atoms with Crippen molar-refractivity contribution in [2.75, 3.05) is 5.75 Å². The van der Waals surface area contributed by atoms with E-state index in [1.54, 1.807) is 11.8 Å². The molecule has 3 nitrogen and oxygen atoms in total. The summed E-state index contributed by atoms with van der Waals surface area (Å²) in [6, 6.07) is 8.68. The SMILES string of the molecule is CCCCCCSc1nc2c(c(=O)n1CC(C)C)C1(CCCCC1)Cc1ccccc1-2. The number of fused-ring (bicyclic) bond motifs is 4. The van der Waals surface area contributed by atoms with Crippen LogP contribution in [-0.2, 0) is 18.4 Å². The smallest absolute Gasteiger partial charge is 0.258 e. The highest BCUT2D eigenvalue weighted by atomic mass is 32.2. The predicted octanol–water partition coefficient (Wildman–Crippen LogP) is 7.00. The zero-order valence-corrected chi connectivity index (χ0v) is 20.4. The van der Waals surface area contributed by atoms with E-state index in [0.717, 1.165) is 48.0 Å². The van der Waals surface area contributed by atoms with E-state index in [1.165, 1.54) is 56.1 Å². The van der Waals surface area contributed by atoms with Crippen molar-refractivity contribution >= 4 is 11.8 Å². The first-order valence-electron chi connectivity index (χ1n) is 12.4. The average molecular weight is 439 g/mol. The van der Waals surface area contributed by atoms with E-state index in [0.29, 0.717) is 5.92 Å². The van der Waals surface area contributed by atoms with Gasteiger partial charge in [-0.2, -0.15) is 0 Å². The Morgan fingerprint density at radius 1 is 1.10 bits per heavy atom. The molecule has 1 saturated carbocycles. The second kappa shape index (κ2) is 9.94. The van der Waals surface area contributed by atoms with Crippen molar-refractivity contribution in [3.05, 3.63) is 45.7 Å². The number of hydrogen-bond acceptors (Lipinski definition) is 3. The number of benzene rings is 1. The zero-order valence-electron chi connectivity index (χ0n) is 19.6. The minimum Gasteiger partial charge on any atom is -0.287 e. The minimum absolute atomic E-state index is 0.0188. The van der Waals surface area contributed by atoms with Gasteiger partial charge in [-0.1, -0.05) is 95.3 Å². The summed E-state index contributed by atoms with van der Waals surface area (Å²) in [5.41, 5.74) is 4.81. The molecule has 2 aliphatic carbocycles. The van der Waals surface area contributed by atoms with Crippen LogP contribution in [0.2, 0.25) is 0 Å². The lowest BCUT2D eigenvalue weighted by Crippen LogP contribution is -2.43. The first kappa shape index (κ1) is 22.6. The van der Waals surface area contributed by atoms with Crippen LogP contribution < -0.4 is 5.56 Å². The lowest BCUT2D eigenvalue weighted by atomic mass is 9.62. The molecule has 0 N–H and O–H groups in total. The Balaban J connectivity index is 1.82. The van der Waals surface area contributed by atoms with Gasteiger partial charge in [0.2, 0.25) is 0 Å². The van der Waals surface area contributed by atoms with Crippen molar-refractivity contribution in [2.45, 2.75) is 102 Å². The first-order valence-corrected chi connectivity index (χ1v) is 13.4. The van der Waals surface area contributed by atoms with E-state index in [1.807, 2.05) is 4.57 Å². The highest BCUT2D eigenvalue weighted by Gasteiger charge is 2.43. The number of aromatic nitrogens is 2. The van der Waals surface area contributed by atoms with Gasteiger partial charge in [0.05, 0.1) is 11.3 Å². The van der Waals surface area contributed by atoms with Crippen LogP contribution in [0.15, 0.2) is 34.2 Å². The number of nitrogens with zero attached hydrogens (tertiary/aromatic N) is 2. The zero-order chi connectivity index (χ0) is 21.8. The summed E-state index contributed by atoms with van der Waals surface area (Å²) in [4.78, 5) is 19.4. The molecule has 0 unspecified atom stereocenters. The van der Waals surface area contributed by atoms with E-state index in [2.05, 4.69) is 45.0 Å². The topological polar surface area (TPSA) is 34.9 Å². The molecule has 1 aromatic heterocycles. The minimum atomic E-state index is -0.0188. The van der Waals surface area contributed by atoms with Gasteiger partial charge in [0, 0.05) is 23.3 Å². The maximum absolute atomic E-state index is 14.1. The molecule has 2 aromatic rings. The van der Waals surface area contributed by atoms with Gasteiger partial charge in [-0.25, -0.2) is 4.98 Å². The molecular weight excluding hydrogens is 400 g/mol. The van der Waals surface area contributed by atoms with Crippen molar-refractivity contribution in [3.63, 3.8) is 0 Å². The van der Waals surface area contributed by atoms with Crippen LogP contribution >= 0.6 is 11.8 Å². The van der Waals surface area contributed by atoms with Gasteiger partial charge in [0.1, 0.15) is 0 Å². The maximum Gasteiger partial charge on any atom is 0.258 e. The van der Waals surface area contributed by atoms with Crippen LogP contribution in [0.3, 0.4) is 0 Å². The highest BCUT2D eigenvalue weighted by Crippen LogP contribution is 2.48. The van der Waals surface area contributed by atoms with E-state index < -0.39 is 0 Å². The van der Waals surface area contributed by atoms with Crippen LogP contribution in [0, 0.1) is 5.92 Å². The Kier molecular flexibility index (Phi) is 7.26. The molecule has 0 atom stereocenters. The molecule has 1 fully saturated rings. The van der Waals surface area contributed by atoms with E-state index in [4.69, 9.17) is 4.98 Å². The predicted molar refractivity (Wildman–Crippen MR) is 132 cm³/mol. The van der Waals surface area contributed by atoms with E-state index >= 15 is 0 Å². The Labute approximate surface area is 192 Å². The third kappa shape index (κ3) is 4.65. The summed E-state index contributed by atoms with van der Waals surface area (Å²) in [6.45, 7) is 7.41. The Hall–Kier alpha value is -1.55. The summed E-state index contributed by atoms with van der Waals surface area (Å²) in [6.07, 6.45) is 12.0. The van der Waals surface area contributed by atoms with Crippen LogP contribution in [0.25, 0.3) is 11.3 Å². The molecule has 1 spiro atoms. The summed E-state index contributed by atoms with van der Waals surface area (Å²) in [7, 11) is 0. The molecular formula is C27H38N2OS. The maximum atomic E-state index is 14.1. The molecule has 4 rings (SSSR count). The number of unbranched alkanes of at least 4 members (excludes halogenated alkanes) is 3. The van der Waals surface area contributed by atoms with Crippen molar-refractivity contribution in [1.82, 2.24) is 9.55 Å². The van der Waals surface area contributed by atoms with Gasteiger partial charge in [0.25, 0.3) is 5.56 Å². The number of hydrogen-bond donors (Lipinski definition) is 0. The van der Waals surface area contributed by atoms with Gasteiger partial charge < -0.3 is 0 Å². The molecule has 1 aromatic carbocycles. The average Bonchev–Trinajstić information content (AvgIpc) is 2.76. The fraction of sp³-hybridized carbons (Fsp3) is 0.630. The molecule has 31 heavy (non-hydrogen) atoms. The van der Waals surface area contributed by atoms with Crippen molar-refractivity contribution in [1.29, 1.82) is 0 Å². The fourth-order valence-electron chi connectivity index (χ4n) is 5.55. The van der Waals surface area contributed by atoms with Crippen LogP contribution in [0.1, 0.15) is 89.7 Å². The van der Waals surface area contributed by atoms with Gasteiger partial charge in [-0.05, 0) is 37.2 Å². The van der Waals surface area contributed by atoms with Gasteiger partial charge >= 0.3 is 0 Å². The Bertz CT molecular complexity index is 956. The quantitative estimate of drug-likeness (QED) is 0.253. The van der Waals surface area contributed by atoms with Gasteiger partial charge in [-0.15, -0.1) is 0 Å². The van der Waals surface area contributed by atoms with Crippen LogP contribution in [0.4, 0.5) is 0 Å². The molecule has 0 bridgehead atoms. The summed E-state index contributed by atoms with van der Waals surface area (Å²) in [5, 5.41) is 0.927. The molecule has 0 amide bonds. The third-order valence-electron chi connectivity index (χ3n) is 7.05. The standard InChI is InChI=1S/C27H38N2OS/c1-4-5-6-12-17-31-26-28-24-22-14-9-8-13-21(22)18-27(15-10-7-11-16-27)23(24)25(30)29(26)19-20(2)3/h8-9,13-14,20H,4-7,10-12,15-19H2,1-3H3. The van der Waals surface area contributed by atoms with Crippen LogP contribution in [0.5, 0.6) is 0 Å². The lowest BCUT2D eigenvalue weighted by molar-refractivity contribution is 0.281. The Morgan fingerprint density at radius 3 is 2.61 bits per heavy atom. The second-order valence-corrected chi connectivity index (χ2v) is 11.1. The number of thioether (sulfide) groups is 1. The molecule has 1 heterocycles. The van der Waals surface area contributed by atoms with Gasteiger partial charge in [-0.3, -0.25) is 9.36 Å². The molecule has 0 radical (unpaired) electrons. The van der Waals surface area contributed by atoms with E-state index in [9.17, 15) is 4.79 Å². The fourth-order valence-corrected chi connectivity index (χ4v) is 6.55. The van der Waals surface area contributed by atoms with Gasteiger partial charge in [0.15, 0.2) is 5.16 Å². The summed E-state index contributed by atoms with van der Waals surface area (Å²) < 4.78 is 2.03.